The lowest BCUT2D eigenvalue weighted by Crippen LogP contribution is -2.33. The SMILES string of the molecule is CC(C)C1(CNC(=O)CCC(C)(C)CCN)CC1. The summed E-state index contributed by atoms with van der Waals surface area (Å²) in [7, 11) is 0. The van der Waals surface area contributed by atoms with Crippen molar-refractivity contribution in [2.45, 2.75) is 59.8 Å². The molecule has 3 nitrogen and oxygen atoms in total. The lowest BCUT2D eigenvalue weighted by atomic mass is 9.84. The monoisotopic (exact) mass is 254 g/mol. The lowest BCUT2D eigenvalue weighted by molar-refractivity contribution is -0.122. The van der Waals surface area contributed by atoms with Crippen LogP contribution in [0.4, 0.5) is 0 Å². The molecule has 1 aliphatic rings. The van der Waals surface area contributed by atoms with Gasteiger partial charge in [-0.2, -0.15) is 0 Å². The van der Waals surface area contributed by atoms with Crippen LogP contribution in [0.3, 0.4) is 0 Å². The number of nitrogens with one attached hydrogen (secondary N) is 1. The number of hydrogen-bond acceptors (Lipinski definition) is 2. The average Bonchev–Trinajstić information content (AvgIpc) is 3.05. The van der Waals surface area contributed by atoms with Crippen molar-refractivity contribution in [3.63, 3.8) is 0 Å². The van der Waals surface area contributed by atoms with Crippen LogP contribution in [0.25, 0.3) is 0 Å². The molecule has 106 valence electrons. The van der Waals surface area contributed by atoms with E-state index in [2.05, 4.69) is 33.0 Å². The Morgan fingerprint density at radius 1 is 1.33 bits per heavy atom. The molecule has 0 aromatic carbocycles. The van der Waals surface area contributed by atoms with Crippen LogP contribution in [0.2, 0.25) is 0 Å². The molecule has 0 bridgehead atoms. The van der Waals surface area contributed by atoms with Crippen molar-refractivity contribution < 1.29 is 4.79 Å². The Balaban J connectivity index is 2.22. The molecule has 0 unspecified atom stereocenters. The summed E-state index contributed by atoms with van der Waals surface area (Å²) in [4.78, 5) is 11.8. The van der Waals surface area contributed by atoms with Crippen molar-refractivity contribution in [1.29, 1.82) is 0 Å². The van der Waals surface area contributed by atoms with Crippen molar-refractivity contribution in [2.24, 2.45) is 22.5 Å². The molecule has 0 aromatic heterocycles. The van der Waals surface area contributed by atoms with Crippen molar-refractivity contribution in [3.8, 4) is 0 Å². The molecule has 1 fully saturated rings. The zero-order valence-corrected chi connectivity index (χ0v) is 12.5. The maximum Gasteiger partial charge on any atom is 0.220 e. The Bertz CT molecular complexity index is 280. The topological polar surface area (TPSA) is 55.1 Å². The second-order valence-electron chi connectivity index (χ2n) is 7.00. The van der Waals surface area contributed by atoms with Gasteiger partial charge < -0.3 is 11.1 Å². The highest BCUT2D eigenvalue weighted by molar-refractivity contribution is 5.76. The zero-order valence-electron chi connectivity index (χ0n) is 12.5. The molecular formula is C15H30N2O. The van der Waals surface area contributed by atoms with Gasteiger partial charge in [0.15, 0.2) is 0 Å². The minimum Gasteiger partial charge on any atom is -0.356 e. The molecule has 0 aromatic rings. The molecule has 0 radical (unpaired) electrons. The molecule has 0 aliphatic heterocycles. The quantitative estimate of drug-likeness (QED) is 0.699. The molecule has 0 heterocycles. The molecule has 0 spiro atoms. The fourth-order valence-electron chi connectivity index (χ4n) is 2.45. The minimum absolute atomic E-state index is 0.182. The standard InChI is InChI=1S/C15H30N2O/c1-12(2)15(7-8-15)11-17-13(18)5-6-14(3,4)9-10-16/h12H,5-11,16H2,1-4H3,(H,17,18). The predicted molar refractivity (Wildman–Crippen MR) is 76.2 cm³/mol. The van der Waals surface area contributed by atoms with Gasteiger partial charge in [-0.3, -0.25) is 4.79 Å². The van der Waals surface area contributed by atoms with E-state index in [0.29, 0.717) is 24.3 Å². The van der Waals surface area contributed by atoms with Crippen LogP contribution in [0.5, 0.6) is 0 Å². The molecule has 1 saturated carbocycles. The smallest absolute Gasteiger partial charge is 0.220 e. The summed E-state index contributed by atoms with van der Waals surface area (Å²) in [6.45, 7) is 10.4. The van der Waals surface area contributed by atoms with Gasteiger partial charge in [0.05, 0.1) is 0 Å². The fourth-order valence-corrected chi connectivity index (χ4v) is 2.45. The van der Waals surface area contributed by atoms with Gasteiger partial charge in [0, 0.05) is 13.0 Å². The van der Waals surface area contributed by atoms with Gasteiger partial charge in [-0.25, -0.2) is 0 Å². The maximum atomic E-state index is 11.8. The highest BCUT2D eigenvalue weighted by atomic mass is 16.1. The first kappa shape index (κ1) is 15.5. The Morgan fingerprint density at radius 2 is 1.94 bits per heavy atom. The molecule has 3 heteroatoms. The van der Waals surface area contributed by atoms with Gasteiger partial charge in [0.1, 0.15) is 0 Å². The third kappa shape index (κ3) is 4.60. The molecule has 1 rings (SSSR count). The molecule has 3 N–H and O–H groups in total. The number of hydrogen-bond donors (Lipinski definition) is 2. The number of carbonyl (C=O) groups is 1. The largest absolute Gasteiger partial charge is 0.356 e. The first-order chi connectivity index (χ1) is 8.31. The van der Waals surface area contributed by atoms with E-state index in [1.165, 1.54) is 12.8 Å². The number of nitrogens with two attached hydrogens (primary N) is 1. The average molecular weight is 254 g/mol. The Morgan fingerprint density at radius 3 is 2.39 bits per heavy atom. The number of amides is 1. The van der Waals surface area contributed by atoms with Gasteiger partial charge in [0.25, 0.3) is 0 Å². The van der Waals surface area contributed by atoms with E-state index in [4.69, 9.17) is 5.73 Å². The van der Waals surface area contributed by atoms with E-state index in [9.17, 15) is 4.79 Å². The number of rotatable bonds is 8. The van der Waals surface area contributed by atoms with Gasteiger partial charge in [0.2, 0.25) is 5.91 Å². The third-order valence-corrected chi connectivity index (χ3v) is 4.60. The first-order valence-electron chi connectivity index (χ1n) is 7.28. The van der Waals surface area contributed by atoms with Crippen LogP contribution in [-0.2, 0) is 4.79 Å². The molecule has 1 amide bonds. The predicted octanol–water partition coefficient (Wildman–Crippen LogP) is 2.69. The van der Waals surface area contributed by atoms with Crippen molar-refractivity contribution >= 4 is 5.91 Å². The van der Waals surface area contributed by atoms with Crippen LogP contribution in [0.15, 0.2) is 0 Å². The van der Waals surface area contributed by atoms with Gasteiger partial charge in [-0.1, -0.05) is 27.7 Å². The minimum atomic E-state index is 0.182. The second-order valence-corrected chi connectivity index (χ2v) is 7.00. The van der Waals surface area contributed by atoms with E-state index in [0.717, 1.165) is 19.4 Å². The van der Waals surface area contributed by atoms with Gasteiger partial charge in [-0.15, -0.1) is 0 Å². The third-order valence-electron chi connectivity index (χ3n) is 4.60. The van der Waals surface area contributed by atoms with Crippen molar-refractivity contribution in [1.82, 2.24) is 5.32 Å². The van der Waals surface area contributed by atoms with Gasteiger partial charge >= 0.3 is 0 Å². The molecule has 0 saturated heterocycles. The van der Waals surface area contributed by atoms with Gasteiger partial charge in [-0.05, 0) is 49.0 Å². The Labute approximate surface area is 112 Å². The Kier molecular flexibility index (Phi) is 5.20. The second kappa shape index (κ2) is 6.05. The van der Waals surface area contributed by atoms with Crippen LogP contribution < -0.4 is 11.1 Å². The zero-order chi connectivity index (χ0) is 13.8. The van der Waals surface area contributed by atoms with Crippen LogP contribution >= 0.6 is 0 Å². The molecule has 1 aliphatic carbocycles. The maximum absolute atomic E-state index is 11.8. The molecule has 18 heavy (non-hydrogen) atoms. The normalized spacial score (nSPS) is 17.9. The summed E-state index contributed by atoms with van der Waals surface area (Å²) in [6.07, 6.45) is 5.06. The van der Waals surface area contributed by atoms with Crippen molar-refractivity contribution in [3.05, 3.63) is 0 Å². The van der Waals surface area contributed by atoms with Crippen LogP contribution in [0, 0.1) is 16.7 Å². The van der Waals surface area contributed by atoms with Crippen molar-refractivity contribution in [2.75, 3.05) is 13.1 Å². The van der Waals surface area contributed by atoms with Crippen LogP contribution in [0.1, 0.15) is 59.8 Å². The summed E-state index contributed by atoms with van der Waals surface area (Å²) in [5.41, 5.74) is 6.16. The highest BCUT2D eigenvalue weighted by Gasteiger charge is 2.45. The van der Waals surface area contributed by atoms with E-state index < -0.39 is 0 Å². The fraction of sp³-hybridized carbons (Fsp3) is 0.933. The molecule has 0 atom stereocenters. The highest BCUT2D eigenvalue weighted by Crippen LogP contribution is 2.51. The van der Waals surface area contributed by atoms with E-state index in [1.54, 1.807) is 0 Å². The summed E-state index contributed by atoms with van der Waals surface area (Å²) in [5.74, 6) is 0.874. The molecular weight excluding hydrogens is 224 g/mol. The number of carbonyl (C=O) groups excluding carboxylic acids is 1. The van der Waals surface area contributed by atoms with E-state index in [1.807, 2.05) is 0 Å². The van der Waals surface area contributed by atoms with E-state index >= 15 is 0 Å². The Hall–Kier alpha value is -0.570. The van der Waals surface area contributed by atoms with Crippen LogP contribution in [-0.4, -0.2) is 19.0 Å². The summed E-state index contributed by atoms with van der Waals surface area (Å²) >= 11 is 0. The summed E-state index contributed by atoms with van der Waals surface area (Å²) in [5, 5.41) is 3.11. The summed E-state index contributed by atoms with van der Waals surface area (Å²) < 4.78 is 0. The summed E-state index contributed by atoms with van der Waals surface area (Å²) in [6, 6.07) is 0. The lowest BCUT2D eigenvalue weighted by Gasteiger charge is -2.24. The van der Waals surface area contributed by atoms with E-state index in [-0.39, 0.29) is 11.3 Å². The first-order valence-corrected chi connectivity index (χ1v) is 7.28.